The third-order valence-corrected chi connectivity index (χ3v) is 14.9. The minimum absolute atomic E-state index is 0.440. The van der Waals surface area contributed by atoms with Gasteiger partial charge < -0.3 is 0 Å². The van der Waals surface area contributed by atoms with E-state index in [0.717, 1.165) is 0 Å². The molecule has 0 saturated carbocycles. The molecular formula is C42H14F49P. The fraction of sp³-hybridized carbons (Fsp3) is 0.571. The maximum Gasteiger partial charge on any atom is 0.460 e. The van der Waals surface area contributed by atoms with Crippen LogP contribution >= 0.6 is 7.92 Å². The molecule has 0 nitrogen and oxygen atoms in total. The topological polar surface area (TPSA) is 0 Å². The van der Waals surface area contributed by atoms with Gasteiger partial charge in [0.1, 0.15) is 0 Å². The summed E-state index contributed by atoms with van der Waals surface area (Å²) in [5, 5.41) is -4.52. The molecule has 0 aliphatic rings. The van der Waals surface area contributed by atoms with Gasteiger partial charge in [0.15, 0.2) is 0 Å². The lowest BCUT2D eigenvalue weighted by Crippen LogP contribution is -2.74. The molecular weight excluding hydrogens is 1470 g/mol. The van der Waals surface area contributed by atoms with Gasteiger partial charge in [-0.1, -0.05) is 72.8 Å². The van der Waals surface area contributed by atoms with Crippen LogP contribution in [0.15, 0.2) is 72.8 Å². The normalized spacial score (nSPS) is 16.2. The first-order chi connectivity index (χ1) is 39.7. The number of hydrogen-bond acceptors (Lipinski definition) is 0. The molecule has 0 saturated heterocycles. The summed E-state index contributed by atoms with van der Waals surface area (Å²) >= 11 is 0. The van der Waals surface area contributed by atoms with E-state index in [2.05, 4.69) is 0 Å². The summed E-state index contributed by atoms with van der Waals surface area (Å²) in [5.41, 5.74) is -9.36. The maximum absolute atomic E-state index is 15.2. The Morgan fingerprint density at radius 3 is 0.522 bits per heavy atom. The van der Waals surface area contributed by atoms with Gasteiger partial charge in [-0.15, -0.1) is 0 Å². The number of alkyl halides is 49. The van der Waals surface area contributed by atoms with Crippen LogP contribution < -0.4 is 15.9 Å². The molecule has 0 unspecified atom stereocenters. The van der Waals surface area contributed by atoms with Crippen LogP contribution in [0.4, 0.5) is 215 Å². The van der Waals surface area contributed by atoms with Crippen molar-refractivity contribution in [2.24, 2.45) is 0 Å². The van der Waals surface area contributed by atoms with E-state index in [1.54, 1.807) is 0 Å². The lowest BCUT2D eigenvalue weighted by atomic mass is 9.87. The minimum atomic E-state index is -9.26. The van der Waals surface area contributed by atoms with E-state index in [1.165, 1.54) is 0 Å². The zero-order valence-corrected chi connectivity index (χ0v) is 42.0. The molecule has 50 heteroatoms. The van der Waals surface area contributed by atoms with Crippen LogP contribution in [0.5, 0.6) is 0 Å². The second kappa shape index (κ2) is 22.1. The van der Waals surface area contributed by atoms with Crippen LogP contribution in [0.25, 0.3) is 0 Å². The van der Waals surface area contributed by atoms with Crippen molar-refractivity contribution in [1.82, 2.24) is 0 Å². The minimum Gasteiger partial charge on any atom is -0.199 e. The van der Waals surface area contributed by atoms with Crippen molar-refractivity contribution < 1.29 is 215 Å². The lowest BCUT2D eigenvalue weighted by Gasteiger charge is -2.42. The molecule has 0 atom stereocenters. The van der Waals surface area contributed by atoms with Crippen molar-refractivity contribution in [3.8, 4) is 0 Å². The highest BCUT2D eigenvalue weighted by Crippen LogP contribution is 2.68. The molecule has 3 rings (SSSR count). The van der Waals surface area contributed by atoms with Crippen molar-refractivity contribution in [2.75, 3.05) is 0 Å². The molecule has 0 amide bonds. The molecule has 92 heavy (non-hydrogen) atoms. The van der Waals surface area contributed by atoms with E-state index >= 15 is 26.3 Å². The molecule has 0 aliphatic heterocycles. The standard InChI is InChI=1S/C42H14F49P/c43-20(44,13-21(45,46)26(55,56)37(77,78)40(83,84)85)25(53,54)22(47,48)14-1-7-17(8-2-14)92(18-9-3-15(4-10-18)23(49,50)27(57,58)29(61,62)31(65,66)33(69,70)35(73,74)38(79,80)41(86,87)88)19-11-5-16(6-12-19)24(51,52)28(59,60)30(63,64)32(67,68)34(71,72)36(75,76)39(81,82)42(89,90)91/h1-12H,13H2. The Morgan fingerprint density at radius 1 is 0.174 bits per heavy atom. The molecule has 0 radical (unpaired) electrons. The Morgan fingerprint density at radius 2 is 0.326 bits per heavy atom. The molecule has 0 bridgehead atoms. The van der Waals surface area contributed by atoms with Gasteiger partial charge in [-0.2, -0.15) is 215 Å². The Labute approximate surface area is 472 Å². The van der Waals surface area contributed by atoms with Gasteiger partial charge in [0.2, 0.25) is 0 Å². The molecule has 0 heterocycles. The quantitative estimate of drug-likeness (QED) is 0.0619. The average Bonchev–Trinajstić information content (AvgIpc) is 0.702. The summed E-state index contributed by atoms with van der Waals surface area (Å²) in [5.74, 6) is -170. The van der Waals surface area contributed by atoms with Gasteiger partial charge in [0, 0.05) is 16.7 Å². The van der Waals surface area contributed by atoms with Gasteiger partial charge >= 0.3 is 137 Å². The van der Waals surface area contributed by atoms with E-state index < -0.39 is 257 Å². The first-order valence-electron chi connectivity index (χ1n) is 21.6. The fourth-order valence-corrected chi connectivity index (χ4v) is 9.15. The second-order valence-electron chi connectivity index (χ2n) is 18.4. The molecule has 530 valence electrons. The summed E-state index contributed by atoms with van der Waals surface area (Å²) in [7, 11) is -3.95. The Bertz CT molecular complexity index is 2940. The first kappa shape index (κ1) is 80.9. The highest BCUT2D eigenvalue weighted by molar-refractivity contribution is 7.79. The van der Waals surface area contributed by atoms with Crippen LogP contribution in [0.2, 0.25) is 0 Å². The monoisotopic (exact) mass is 1480 g/mol. The smallest absolute Gasteiger partial charge is 0.199 e. The van der Waals surface area contributed by atoms with Gasteiger partial charge in [-0.05, 0) is 23.8 Å². The van der Waals surface area contributed by atoms with E-state index in [-0.39, 0.29) is 0 Å². The van der Waals surface area contributed by atoms with Crippen molar-refractivity contribution in [3.05, 3.63) is 89.5 Å². The fourth-order valence-electron chi connectivity index (χ4n) is 6.92. The van der Waals surface area contributed by atoms with Crippen LogP contribution in [0, 0.1) is 0 Å². The largest absolute Gasteiger partial charge is 0.460 e. The summed E-state index contributed by atoms with van der Waals surface area (Å²) in [6.45, 7) is 0. The molecule has 0 N–H and O–H groups in total. The number of rotatable bonds is 24. The van der Waals surface area contributed by atoms with Gasteiger partial charge in [-0.3, -0.25) is 0 Å². The summed E-state index contributed by atoms with van der Waals surface area (Å²) in [6.07, 6.45) is -29.4. The summed E-state index contributed by atoms with van der Waals surface area (Å²) in [6, 6.07) is -8.78. The maximum atomic E-state index is 15.2. The second-order valence-corrected chi connectivity index (χ2v) is 20.6. The van der Waals surface area contributed by atoms with Crippen LogP contribution in [0.1, 0.15) is 23.1 Å². The van der Waals surface area contributed by atoms with Crippen LogP contribution in [0.3, 0.4) is 0 Å². The molecule has 3 aromatic carbocycles. The molecule has 0 fully saturated rings. The van der Waals surface area contributed by atoms with Gasteiger partial charge in [-0.25, -0.2) is 0 Å². The SMILES string of the molecule is FC(F)(F)C(F)(F)C(F)(F)C(F)(F)CC(F)(F)C(F)(F)C(F)(F)c1ccc(P(c2ccc(C(F)(F)C(F)(F)C(F)(F)C(F)(F)C(F)(F)C(F)(F)C(F)(F)C(F)(F)F)cc2)c2ccc(C(F)(F)C(F)(F)C(F)(F)C(F)(F)C(F)(F)C(F)(F)C(F)(F)C(F)(F)F)cc2)cc1. The molecule has 0 spiro atoms. The number of benzene rings is 3. The third-order valence-electron chi connectivity index (χ3n) is 12.4. The highest BCUT2D eigenvalue weighted by atomic mass is 31.1. The van der Waals surface area contributed by atoms with Gasteiger partial charge in [0.25, 0.3) is 0 Å². The molecule has 3 aromatic rings. The number of hydrogen-bond donors (Lipinski definition) is 0. The van der Waals surface area contributed by atoms with E-state index in [4.69, 9.17) is 0 Å². The van der Waals surface area contributed by atoms with Crippen LogP contribution in [-0.4, -0.2) is 119 Å². The van der Waals surface area contributed by atoms with E-state index in [0.29, 0.717) is 0 Å². The lowest BCUT2D eigenvalue weighted by molar-refractivity contribution is -0.462. The third kappa shape index (κ3) is 11.0. The van der Waals surface area contributed by atoms with E-state index in [9.17, 15) is 189 Å². The zero-order chi connectivity index (χ0) is 73.7. The predicted molar refractivity (Wildman–Crippen MR) is 204 cm³/mol. The Hall–Kier alpha value is -5.34. The number of halogens is 49. The first-order valence-corrected chi connectivity index (χ1v) is 22.9. The summed E-state index contributed by atoms with van der Waals surface area (Å²) < 4.78 is 683. The van der Waals surface area contributed by atoms with Crippen molar-refractivity contribution in [1.29, 1.82) is 0 Å². The highest BCUT2D eigenvalue weighted by Gasteiger charge is 2.97. The Balaban J connectivity index is 2.40. The average molecular weight is 1480 g/mol. The van der Waals surface area contributed by atoms with Gasteiger partial charge in [0.05, 0.1) is 6.42 Å². The molecule has 0 aliphatic carbocycles. The zero-order valence-electron chi connectivity index (χ0n) is 41.1. The van der Waals surface area contributed by atoms with Crippen LogP contribution in [-0.2, 0) is 17.8 Å². The Kier molecular flexibility index (Phi) is 19.4. The van der Waals surface area contributed by atoms with Crippen molar-refractivity contribution in [3.63, 3.8) is 0 Å². The van der Waals surface area contributed by atoms with E-state index in [1.807, 2.05) is 0 Å². The van der Waals surface area contributed by atoms with Crippen molar-refractivity contribution in [2.45, 2.75) is 143 Å². The summed E-state index contributed by atoms with van der Waals surface area (Å²) in [4.78, 5) is 0. The predicted octanol–water partition coefficient (Wildman–Crippen LogP) is 19.6. The van der Waals surface area contributed by atoms with Crippen molar-refractivity contribution >= 4 is 23.8 Å². The molecule has 0 aromatic heterocycles.